The highest BCUT2D eigenvalue weighted by Crippen LogP contribution is 2.41. The molecule has 3 aromatic rings. The molecule has 0 spiro atoms. The number of nitrogens with zero attached hydrogens (tertiary/aromatic N) is 1. The number of carbonyl (C=O) groups excluding carboxylic acids is 1. The number of rotatable bonds is 4. The van der Waals surface area contributed by atoms with E-state index in [4.69, 9.17) is 69.1 Å². The number of aromatic nitrogens is 1. The molecule has 1 saturated heterocycles. The van der Waals surface area contributed by atoms with Gasteiger partial charge in [-0.15, -0.1) is 11.3 Å². The molecule has 2 aromatic carbocycles. The molecule has 3 atom stereocenters. The lowest BCUT2D eigenvalue weighted by Crippen LogP contribution is -2.14. The van der Waals surface area contributed by atoms with Gasteiger partial charge >= 0.3 is 0 Å². The smallest absolute Gasteiger partial charge is 0.164 e. The van der Waals surface area contributed by atoms with Crippen molar-refractivity contribution in [3.05, 3.63) is 60.5 Å². The van der Waals surface area contributed by atoms with E-state index in [1.807, 2.05) is 12.1 Å². The first kappa shape index (κ1) is 32.2. The minimum atomic E-state index is -0.382. The van der Waals surface area contributed by atoms with Crippen molar-refractivity contribution in [3.8, 4) is 10.6 Å². The monoisotopic (exact) mass is 674 g/mol. The van der Waals surface area contributed by atoms with E-state index in [2.05, 4.69) is 15.6 Å². The van der Waals surface area contributed by atoms with Crippen molar-refractivity contribution in [2.75, 3.05) is 24.7 Å². The third-order valence-corrected chi connectivity index (χ3v) is 9.52. The molecule has 2 heterocycles. The van der Waals surface area contributed by atoms with Crippen LogP contribution in [-0.4, -0.2) is 47.2 Å². The summed E-state index contributed by atoms with van der Waals surface area (Å²) < 4.78 is 5.04. The predicted octanol–water partition coefficient (Wildman–Crippen LogP) is 7.70. The largest absolute Gasteiger partial charge is 0.389 e. The highest BCUT2D eigenvalue weighted by Gasteiger charge is 2.46. The third kappa shape index (κ3) is 7.83. The van der Waals surface area contributed by atoms with Crippen molar-refractivity contribution in [1.82, 2.24) is 4.98 Å². The number of nitrogens with one attached hydrogen (secondary N) is 2. The fraction of sp³-hybridized carbons (Fsp3) is 0.393. The molecular weight excluding hydrogens is 646 g/mol. The van der Waals surface area contributed by atoms with Crippen LogP contribution in [0, 0.1) is 0 Å². The quantitative estimate of drug-likeness (QED) is 0.164. The Morgan fingerprint density at radius 1 is 1.00 bits per heavy atom. The maximum absolute atomic E-state index is 10.7. The molecule has 0 bridgehead atoms. The molecule has 41 heavy (non-hydrogen) atoms. The van der Waals surface area contributed by atoms with E-state index in [-0.39, 0.29) is 17.2 Å². The molecule has 13 heteroatoms. The molecule has 2 fully saturated rings. The maximum Gasteiger partial charge on any atom is 0.164 e. The van der Waals surface area contributed by atoms with E-state index in [1.165, 1.54) is 11.3 Å². The van der Waals surface area contributed by atoms with Gasteiger partial charge in [0.1, 0.15) is 16.1 Å². The Bertz CT molecular complexity index is 1410. The lowest BCUT2D eigenvalue weighted by molar-refractivity contribution is -0.120. The van der Waals surface area contributed by atoms with Crippen LogP contribution in [0.25, 0.3) is 10.6 Å². The summed E-state index contributed by atoms with van der Waals surface area (Å²) in [7, 11) is 3.53. The zero-order valence-corrected chi connectivity index (χ0v) is 27.1. The van der Waals surface area contributed by atoms with Crippen LogP contribution in [-0.2, 0) is 16.0 Å². The van der Waals surface area contributed by atoms with Crippen LogP contribution in [0.2, 0.25) is 20.1 Å². The van der Waals surface area contributed by atoms with E-state index < -0.39 is 0 Å². The maximum atomic E-state index is 10.7. The van der Waals surface area contributed by atoms with Crippen LogP contribution in [0.5, 0.6) is 0 Å². The molecule has 6 rings (SSSR count). The van der Waals surface area contributed by atoms with Gasteiger partial charge < -0.3 is 26.2 Å². The molecule has 1 saturated carbocycles. The first-order valence-electron chi connectivity index (χ1n) is 13.0. The van der Waals surface area contributed by atoms with Crippen molar-refractivity contribution >= 4 is 92.1 Å². The summed E-state index contributed by atoms with van der Waals surface area (Å²) in [5.41, 5.74) is 9.41. The predicted molar refractivity (Wildman–Crippen MR) is 174 cm³/mol. The van der Waals surface area contributed by atoms with Gasteiger partial charge in [-0.1, -0.05) is 58.6 Å². The third-order valence-electron chi connectivity index (χ3n) is 6.85. The SMILES string of the molecule is CNc1c(Cl)cc(-c2nc3c(s2)C(O)CCC3)cc1Cl.CNc1c(Cl)cc(C(N)=S)cc1Cl.O=C1CCCC2OC12. The number of fused-ring (bicyclic) bond motifs is 2. The van der Waals surface area contributed by atoms with Gasteiger partial charge in [0.05, 0.1) is 54.2 Å². The molecule has 220 valence electrons. The van der Waals surface area contributed by atoms with E-state index in [0.29, 0.717) is 43.2 Å². The second-order valence-electron chi connectivity index (χ2n) is 9.69. The first-order valence-corrected chi connectivity index (χ1v) is 15.8. The van der Waals surface area contributed by atoms with Gasteiger partial charge in [0, 0.05) is 31.6 Å². The minimum absolute atomic E-state index is 0.0312. The van der Waals surface area contributed by atoms with Gasteiger partial charge in [0.25, 0.3) is 0 Å². The molecule has 0 radical (unpaired) electrons. The van der Waals surface area contributed by atoms with E-state index >= 15 is 0 Å². The second kappa shape index (κ2) is 14.2. The van der Waals surface area contributed by atoms with Crippen LogP contribution >= 0.6 is 70.0 Å². The summed E-state index contributed by atoms with van der Waals surface area (Å²) in [5.74, 6) is 0.321. The number of ether oxygens (including phenoxy) is 1. The van der Waals surface area contributed by atoms with Crippen molar-refractivity contribution in [2.45, 2.75) is 56.8 Å². The number of aliphatic hydroxyl groups is 1. The number of Topliss-reactive ketones (excluding diaryl/α,β-unsaturated/α-hetero) is 1. The molecule has 5 N–H and O–H groups in total. The number of ketones is 1. The zero-order chi connectivity index (χ0) is 29.8. The average molecular weight is 677 g/mol. The lowest BCUT2D eigenvalue weighted by Gasteiger charge is -2.14. The average Bonchev–Trinajstić information content (AvgIpc) is 3.60. The number of halogens is 4. The molecular formula is C28H30Cl4N4O3S2. The van der Waals surface area contributed by atoms with Crippen LogP contribution in [0.15, 0.2) is 24.3 Å². The number of aliphatic hydroxyl groups excluding tert-OH is 1. The number of aryl methyl sites for hydroxylation is 1. The molecule has 1 aromatic heterocycles. The number of thiazole rings is 1. The molecule has 7 nitrogen and oxygen atoms in total. The topological polar surface area (TPSA) is 113 Å². The number of carbonyl (C=O) groups is 1. The molecule has 1 aliphatic heterocycles. The van der Waals surface area contributed by atoms with Crippen LogP contribution in [0.1, 0.15) is 54.3 Å². The Labute approximate surface area is 268 Å². The molecule has 3 unspecified atom stereocenters. The minimum Gasteiger partial charge on any atom is -0.389 e. The summed E-state index contributed by atoms with van der Waals surface area (Å²) in [6.45, 7) is 0. The number of hydrogen-bond donors (Lipinski definition) is 4. The second-order valence-corrected chi connectivity index (χ2v) is 12.8. The molecule has 0 amide bonds. The number of anilines is 2. The number of nitrogens with two attached hydrogens (primary N) is 1. The van der Waals surface area contributed by atoms with Gasteiger partial charge in [0.2, 0.25) is 0 Å². The number of thiocarbonyl (C=S) groups is 1. The number of epoxide rings is 1. The highest BCUT2D eigenvalue weighted by atomic mass is 35.5. The normalized spacial score (nSPS) is 20.4. The van der Waals surface area contributed by atoms with Crippen molar-refractivity contribution in [2.24, 2.45) is 5.73 Å². The summed E-state index contributed by atoms with van der Waals surface area (Å²) >= 11 is 30.6. The first-order chi connectivity index (χ1) is 19.5. The Hall–Kier alpha value is -1.69. The Morgan fingerprint density at radius 2 is 1.56 bits per heavy atom. The lowest BCUT2D eigenvalue weighted by atomic mass is 10.00. The van der Waals surface area contributed by atoms with Crippen molar-refractivity contribution in [1.29, 1.82) is 0 Å². The summed E-state index contributed by atoms with van der Waals surface area (Å²) in [4.78, 5) is 16.6. The van der Waals surface area contributed by atoms with Gasteiger partial charge in [0.15, 0.2) is 5.78 Å². The number of benzene rings is 2. The fourth-order valence-corrected chi connectivity index (χ4v) is 7.26. The fourth-order valence-electron chi connectivity index (χ4n) is 4.68. The Kier molecular flexibility index (Phi) is 11.2. The van der Waals surface area contributed by atoms with Gasteiger partial charge in [-0.2, -0.15) is 0 Å². The van der Waals surface area contributed by atoms with Crippen molar-refractivity contribution < 1.29 is 14.6 Å². The van der Waals surface area contributed by atoms with Crippen LogP contribution in [0.4, 0.5) is 11.4 Å². The van der Waals surface area contributed by atoms with Gasteiger partial charge in [-0.25, -0.2) is 4.98 Å². The van der Waals surface area contributed by atoms with Crippen LogP contribution < -0.4 is 16.4 Å². The van der Waals surface area contributed by atoms with Crippen LogP contribution in [0.3, 0.4) is 0 Å². The molecule has 2 aliphatic carbocycles. The van der Waals surface area contributed by atoms with E-state index in [9.17, 15) is 9.90 Å². The summed E-state index contributed by atoms with van der Waals surface area (Å²) in [6.07, 6.45) is 5.61. The van der Waals surface area contributed by atoms with Crippen molar-refractivity contribution in [3.63, 3.8) is 0 Å². The zero-order valence-electron chi connectivity index (χ0n) is 22.4. The molecule has 3 aliphatic rings. The summed E-state index contributed by atoms with van der Waals surface area (Å²) in [5, 5.41) is 18.9. The number of hydrogen-bond acceptors (Lipinski definition) is 8. The van der Waals surface area contributed by atoms with Gasteiger partial charge in [-0.3, -0.25) is 4.79 Å². The van der Waals surface area contributed by atoms with E-state index in [1.54, 1.807) is 26.2 Å². The standard InChI is InChI=1S/C14H14Cl2N2OS.C8H8Cl2N2S.C6H8O2/c1-17-12-8(15)5-7(6-9(12)16)14-18-10-3-2-4-11(19)13(10)20-14;1-12-7-5(9)2-4(8(11)13)3-6(7)10;7-4-2-1-3-5-6(4)8-5/h5-6,11,17,19H,2-4H2,1H3;2-3,12H,1H3,(H2,11,13);5-6H,1-3H2. The summed E-state index contributed by atoms with van der Waals surface area (Å²) in [6, 6.07) is 7.08. The Balaban J connectivity index is 0.000000157. The van der Waals surface area contributed by atoms with Gasteiger partial charge in [-0.05, 0) is 56.4 Å². The van der Waals surface area contributed by atoms with E-state index in [0.717, 1.165) is 65.4 Å². The highest BCUT2D eigenvalue weighted by molar-refractivity contribution is 7.80. The Morgan fingerprint density at radius 3 is 2.05 bits per heavy atom.